The molecular weight excluding hydrogens is 190 g/mol. The molecule has 5 nitrogen and oxygen atoms in total. The third-order valence-corrected chi connectivity index (χ3v) is 2.59. The topological polar surface area (TPSA) is 67.1 Å². The molecule has 0 saturated heterocycles. The van der Waals surface area contributed by atoms with Gasteiger partial charge in [0, 0.05) is 19.1 Å². The molecule has 1 heterocycles. The summed E-state index contributed by atoms with van der Waals surface area (Å²) in [5.74, 6) is 0.647. The highest BCUT2D eigenvalue weighted by Gasteiger charge is 2.25. The molecule has 2 rings (SSSR count). The average molecular weight is 207 g/mol. The van der Waals surface area contributed by atoms with Crippen LogP contribution in [-0.2, 0) is 0 Å². The van der Waals surface area contributed by atoms with Crippen LogP contribution in [0.15, 0.2) is 12.4 Å². The Morgan fingerprint density at radius 1 is 1.47 bits per heavy atom. The number of aromatic nitrogens is 2. The fourth-order valence-electron chi connectivity index (χ4n) is 1.47. The second kappa shape index (κ2) is 4.44. The Labute approximate surface area is 89.7 Å². The fraction of sp³-hybridized carbons (Fsp3) is 0.600. The van der Waals surface area contributed by atoms with Crippen molar-refractivity contribution in [3.8, 4) is 0 Å². The normalized spacial score (nSPS) is 15.6. The van der Waals surface area contributed by atoms with E-state index >= 15 is 0 Å². The monoisotopic (exact) mass is 207 g/mol. The highest BCUT2D eigenvalue weighted by molar-refractivity contribution is 5.35. The lowest BCUT2D eigenvalue weighted by Gasteiger charge is -2.15. The third-order valence-electron chi connectivity index (χ3n) is 2.59. The van der Waals surface area contributed by atoms with Crippen LogP contribution < -0.4 is 11.1 Å². The van der Waals surface area contributed by atoms with Crippen LogP contribution in [0.5, 0.6) is 0 Å². The van der Waals surface area contributed by atoms with E-state index in [9.17, 15) is 0 Å². The van der Waals surface area contributed by atoms with Gasteiger partial charge in [-0.05, 0) is 19.9 Å². The van der Waals surface area contributed by atoms with Crippen molar-refractivity contribution in [2.75, 3.05) is 31.2 Å². The fourth-order valence-corrected chi connectivity index (χ4v) is 1.47. The number of nitrogens with zero attached hydrogens (tertiary/aromatic N) is 3. The van der Waals surface area contributed by atoms with Gasteiger partial charge in [0.1, 0.15) is 0 Å². The van der Waals surface area contributed by atoms with Gasteiger partial charge in [-0.1, -0.05) is 0 Å². The number of likely N-dealkylation sites (N-methyl/N-ethyl adjacent to an activating group) is 1. The summed E-state index contributed by atoms with van der Waals surface area (Å²) in [6.07, 6.45) is 5.91. The van der Waals surface area contributed by atoms with Crippen molar-refractivity contribution in [2.45, 2.75) is 18.9 Å². The maximum atomic E-state index is 5.49. The molecule has 1 aliphatic carbocycles. The molecule has 0 bridgehead atoms. The molecule has 0 atom stereocenters. The Morgan fingerprint density at radius 2 is 2.13 bits per heavy atom. The zero-order valence-electron chi connectivity index (χ0n) is 8.98. The van der Waals surface area contributed by atoms with Crippen LogP contribution in [0.1, 0.15) is 12.8 Å². The molecule has 82 valence electrons. The van der Waals surface area contributed by atoms with E-state index in [0.717, 1.165) is 19.1 Å². The number of nitrogens with one attached hydrogen (secondary N) is 1. The van der Waals surface area contributed by atoms with Gasteiger partial charge < -0.3 is 16.0 Å². The summed E-state index contributed by atoms with van der Waals surface area (Å²) in [4.78, 5) is 10.5. The molecule has 1 aliphatic rings. The highest BCUT2D eigenvalue weighted by atomic mass is 15.2. The summed E-state index contributed by atoms with van der Waals surface area (Å²) in [6.45, 7) is 1.90. The summed E-state index contributed by atoms with van der Waals surface area (Å²) in [5, 5.41) is 3.17. The van der Waals surface area contributed by atoms with Crippen LogP contribution in [0.4, 0.5) is 11.6 Å². The molecule has 0 aromatic carbocycles. The van der Waals surface area contributed by atoms with Crippen LogP contribution in [0.2, 0.25) is 0 Å². The van der Waals surface area contributed by atoms with E-state index in [2.05, 4.69) is 27.2 Å². The minimum atomic E-state index is 0.593. The maximum absolute atomic E-state index is 5.49. The van der Waals surface area contributed by atoms with Crippen molar-refractivity contribution in [1.29, 1.82) is 0 Å². The Hall–Kier alpha value is -1.36. The van der Waals surface area contributed by atoms with Gasteiger partial charge in [-0.25, -0.2) is 9.97 Å². The molecule has 0 radical (unpaired) electrons. The van der Waals surface area contributed by atoms with Gasteiger partial charge in [0.25, 0.3) is 0 Å². The van der Waals surface area contributed by atoms with Crippen molar-refractivity contribution in [3.63, 3.8) is 0 Å². The van der Waals surface area contributed by atoms with Gasteiger partial charge in [-0.2, -0.15) is 0 Å². The summed E-state index contributed by atoms with van der Waals surface area (Å²) >= 11 is 0. The van der Waals surface area contributed by atoms with E-state index in [1.807, 2.05) is 0 Å². The number of anilines is 2. The quantitative estimate of drug-likeness (QED) is 0.738. The molecule has 0 spiro atoms. The van der Waals surface area contributed by atoms with Crippen LogP contribution in [0.3, 0.4) is 0 Å². The van der Waals surface area contributed by atoms with Gasteiger partial charge in [0.15, 0.2) is 0 Å². The third kappa shape index (κ3) is 3.06. The molecular formula is C10H17N5. The van der Waals surface area contributed by atoms with E-state index < -0.39 is 0 Å². The van der Waals surface area contributed by atoms with Crippen molar-refractivity contribution >= 4 is 11.6 Å². The summed E-state index contributed by atoms with van der Waals surface area (Å²) < 4.78 is 0. The number of nitrogens with two attached hydrogens (primary N) is 1. The first kappa shape index (κ1) is 10.2. The van der Waals surface area contributed by atoms with Crippen molar-refractivity contribution in [2.24, 2.45) is 0 Å². The van der Waals surface area contributed by atoms with E-state index in [-0.39, 0.29) is 0 Å². The predicted octanol–water partition coefficient (Wildman–Crippen LogP) is 0.565. The first-order valence-corrected chi connectivity index (χ1v) is 5.27. The Bertz CT molecular complexity index is 306. The Balaban J connectivity index is 1.70. The number of hydrogen-bond donors (Lipinski definition) is 2. The summed E-state index contributed by atoms with van der Waals surface area (Å²) in [7, 11) is 2.16. The maximum Gasteiger partial charge on any atom is 0.222 e. The Morgan fingerprint density at radius 3 is 2.73 bits per heavy atom. The zero-order valence-corrected chi connectivity index (χ0v) is 8.98. The smallest absolute Gasteiger partial charge is 0.222 e. The number of hydrogen-bond acceptors (Lipinski definition) is 5. The molecule has 0 amide bonds. The zero-order chi connectivity index (χ0) is 10.7. The molecule has 15 heavy (non-hydrogen) atoms. The van der Waals surface area contributed by atoms with E-state index in [4.69, 9.17) is 5.73 Å². The summed E-state index contributed by atoms with van der Waals surface area (Å²) in [5.41, 5.74) is 6.08. The summed E-state index contributed by atoms with van der Waals surface area (Å²) in [6, 6.07) is 0.805. The van der Waals surface area contributed by atoms with Crippen molar-refractivity contribution in [3.05, 3.63) is 12.4 Å². The first-order chi connectivity index (χ1) is 7.25. The number of nitrogen functional groups attached to an aromatic ring is 1. The standard InChI is InChI=1S/C10H17N5/c1-15(9-2-3-9)5-4-12-10-13-6-8(11)7-14-10/h6-7,9H,2-5,11H2,1H3,(H,12,13,14). The van der Waals surface area contributed by atoms with Gasteiger partial charge in [-0.15, -0.1) is 0 Å². The SMILES string of the molecule is CN(CCNc1ncc(N)cn1)C1CC1. The van der Waals surface area contributed by atoms with E-state index in [1.54, 1.807) is 12.4 Å². The molecule has 0 unspecified atom stereocenters. The second-order valence-corrected chi connectivity index (χ2v) is 3.98. The van der Waals surface area contributed by atoms with Crippen molar-refractivity contribution < 1.29 is 0 Å². The number of rotatable bonds is 5. The molecule has 1 saturated carbocycles. The average Bonchev–Trinajstić information content (AvgIpc) is 3.04. The lowest BCUT2D eigenvalue weighted by atomic mass is 10.5. The molecule has 1 aromatic heterocycles. The molecule has 0 aliphatic heterocycles. The van der Waals surface area contributed by atoms with Gasteiger partial charge in [0.2, 0.25) is 5.95 Å². The van der Waals surface area contributed by atoms with Crippen LogP contribution in [-0.4, -0.2) is 41.0 Å². The van der Waals surface area contributed by atoms with Gasteiger partial charge in [-0.3, -0.25) is 0 Å². The van der Waals surface area contributed by atoms with Crippen molar-refractivity contribution in [1.82, 2.24) is 14.9 Å². The van der Waals surface area contributed by atoms with Gasteiger partial charge in [0.05, 0.1) is 18.1 Å². The van der Waals surface area contributed by atoms with Crippen LogP contribution >= 0.6 is 0 Å². The largest absolute Gasteiger partial charge is 0.396 e. The molecule has 1 fully saturated rings. The van der Waals surface area contributed by atoms with Gasteiger partial charge >= 0.3 is 0 Å². The minimum Gasteiger partial charge on any atom is -0.396 e. The first-order valence-electron chi connectivity index (χ1n) is 5.27. The lowest BCUT2D eigenvalue weighted by molar-refractivity contribution is 0.337. The highest BCUT2D eigenvalue weighted by Crippen LogP contribution is 2.24. The van der Waals surface area contributed by atoms with Crippen LogP contribution in [0, 0.1) is 0 Å². The molecule has 3 N–H and O–H groups in total. The van der Waals surface area contributed by atoms with E-state index in [1.165, 1.54) is 12.8 Å². The second-order valence-electron chi connectivity index (χ2n) is 3.98. The van der Waals surface area contributed by atoms with Crippen LogP contribution in [0.25, 0.3) is 0 Å². The molecule has 1 aromatic rings. The molecule has 5 heteroatoms. The van der Waals surface area contributed by atoms with E-state index in [0.29, 0.717) is 11.6 Å². The Kier molecular flexibility index (Phi) is 3.01. The predicted molar refractivity (Wildman–Crippen MR) is 60.6 cm³/mol. The minimum absolute atomic E-state index is 0.593. The lowest BCUT2D eigenvalue weighted by Crippen LogP contribution is -2.27.